The van der Waals surface area contributed by atoms with Crippen LogP contribution >= 0.6 is 0 Å². The van der Waals surface area contributed by atoms with Gasteiger partial charge >= 0.3 is 0 Å². The van der Waals surface area contributed by atoms with Gasteiger partial charge in [-0.1, -0.05) is 17.7 Å². The molecule has 0 atom stereocenters. The van der Waals surface area contributed by atoms with Crippen LogP contribution in [0, 0.1) is 0 Å². The van der Waals surface area contributed by atoms with Gasteiger partial charge in [-0.3, -0.25) is 4.79 Å². The van der Waals surface area contributed by atoms with Gasteiger partial charge in [0.2, 0.25) is 5.56 Å². The van der Waals surface area contributed by atoms with Crippen molar-refractivity contribution >= 4 is 11.6 Å². The maximum absolute atomic E-state index is 11.2. The van der Waals surface area contributed by atoms with Gasteiger partial charge in [0, 0.05) is 16.6 Å². The normalized spacial score (nSPS) is 17.5. The molecule has 1 heterocycles. The fourth-order valence-corrected chi connectivity index (χ4v) is 2.27. The van der Waals surface area contributed by atoms with Crippen molar-refractivity contribution < 1.29 is 0 Å². The van der Waals surface area contributed by atoms with Gasteiger partial charge in [-0.25, -0.2) is 0 Å². The van der Waals surface area contributed by atoms with E-state index in [2.05, 4.69) is 30.1 Å². The van der Waals surface area contributed by atoms with Crippen molar-refractivity contribution in [2.45, 2.75) is 13.3 Å². The fraction of sp³-hybridized carbons (Fsp3) is 0.154. The van der Waals surface area contributed by atoms with Crippen molar-refractivity contribution in [3.63, 3.8) is 0 Å². The van der Waals surface area contributed by atoms with E-state index in [1.807, 2.05) is 6.07 Å². The molecular formula is C13H11NO. The summed E-state index contributed by atoms with van der Waals surface area (Å²) >= 11 is 0. The zero-order valence-electron chi connectivity index (χ0n) is 8.50. The summed E-state index contributed by atoms with van der Waals surface area (Å²) in [6.45, 7) is 2.10. The summed E-state index contributed by atoms with van der Waals surface area (Å²) in [6.07, 6.45) is 7.40. The van der Waals surface area contributed by atoms with Crippen molar-refractivity contribution in [1.29, 1.82) is 0 Å². The second kappa shape index (κ2) is 2.83. The van der Waals surface area contributed by atoms with Gasteiger partial charge in [-0.2, -0.15) is 0 Å². The predicted molar refractivity (Wildman–Crippen MR) is 60.6 cm³/mol. The lowest BCUT2D eigenvalue weighted by atomic mass is 9.90. The van der Waals surface area contributed by atoms with Crippen LogP contribution in [-0.2, 0) is 0 Å². The summed E-state index contributed by atoms with van der Waals surface area (Å²) in [5.41, 5.74) is 3.82. The fourth-order valence-electron chi connectivity index (χ4n) is 2.27. The molecule has 2 heteroatoms. The average Bonchev–Trinajstić information content (AvgIpc) is 2.15. The third-order valence-corrected chi connectivity index (χ3v) is 2.83. The molecular weight excluding hydrogens is 186 g/mol. The molecule has 0 radical (unpaired) electrons. The van der Waals surface area contributed by atoms with E-state index in [9.17, 15) is 4.79 Å². The standard InChI is InChI=1S/C13H11NO/c1-8-4-9-6-10(5-8)11-2-3-13(15)14-12(11)7-9/h2-5,7H,6H2,1H3,(H,14,15). The second-order valence-corrected chi connectivity index (χ2v) is 4.10. The Hall–Kier alpha value is -1.83. The number of hydrogen-bond acceptors (Lipinski definition) is 1. The molecule has 2 aliphatic rings. The van der Waals surface area contributed by atoms with E-state index in [1.165, 1.54) is 16.7 Å². The van der Waals surface area contributed by atoms with E-state index < -0.39 is 0 Å². The van der Waals surface area contributed by atoms with E-state index >= 15 is 0 Å². The molecule has 2 nitrogen and oxygen atoms in total. The van der Waals surface area contributed by atoms with Crippen molar-refractivity contribution in [2.24, 2.45) is 0 Å². The van der Waals surface area contributed by atoms with Gasteiger partial charge < -0.3 is 4.98 Å². The van der Waals surface area contributed by atoms with Crippen LogP contribution in [0.5, 0.6) is 0 Å². The summed E-state index contributed by atoms with van der Waals surface area (Å²) < 4.78 is 0. The highest BCUT2D eigenvalue weighted by molar-refractivity contribution is 5.73. The van der Waals surface area contributed by atoms with Crippen molar-refractivity contribution in [1.82, 2.24) is 4.98 Å². The average molecular weight is 197 g/mol. The molecule has 2 bridgehead atoms. The molecule has 0 spiro atoms. The smallest absolute Gasteiger partial charge is 0.248 e. The molecule has 1 aromatic rings. The van der Waals surface area contributed by atoms with Crippen LogP contribution in [0.2, 0.25) is 0 Å². The number of rotatable bonds is 0. The first-order valence-corrected chi connectivity index (χ1v) is 5.05. The number of nitrogens with one attached hydrogen (secondary N) is 1. The topological polar surface area (TPSA) is 32.9 Å². The van der Waals surface area contributed by atoms with Gasteiger partial charge in [0.05, 0.1) is 0 Å². The van der Waals surface area contributed by atoms with E-state index in [1.54, 1.807) is 6.07 Å². The Kier molecular flexibility index (Phi) is 1.60. The maximum atomic E-state index is 11.2. The zero-order valence-corrected chi connectivity index (χ0v) is 8.50. The van der Waals surface area contributed by atoms with Gasteiger partial charge in [0.25, 0.3) is 0 Å². The zero-order chi connectivity index (χ0) is 10.4. The van der Waals surface area contributed by atoms with E-state index in [4.69, 9.17) is 0 Å². The van der Waals surface area contributed by atoms with Crippen LogP contribution in [0.1, 0.15) is 13.3 Å². The lowest BCUT2D eigenvalue weighted by Crippen LogP contribution is -2.37. The van der Waals surface area contributed by atoms with Crippen molar-refractivity contribution in [3.8, 4) is 0 Å². The number of pyridine rings is 1. The quantitative estimate of drug-likeness (QED) is 0.649. The lowest BCUT2D eigenvalue weighted by molar-refractivity contribution is 1.11. The number of allylic oxidation sites excluding steroid dienone is 4. The van der Waals surface area contributed by atoms with Crippen LogP contribution in [-0.4, -0.2) is 4.98 Å². The number of fused-ring (bicyclic) bond motifs is 3. The number of aromatic nitrogens is 1. The molecule has 0 fully saturated rings. The molecule has 0 saturated carbocycles. The summed E-state index contributed by atoms with van der Waals surface area (Å²) in [7, 11) is 0. The van der Waals surface area contributed by atoms with Crippen LogP contribution in [0.15, 0.2) is 40.2 Å². The predicted octanol–water partition coefficient (Wildman–Crippen LogP) is 0.596. The molecule has 0 aromatic carbocycles. The third kappa shape index (κ3) is 1.30. The molecule has 3 rings (SSSR count). The number of hydrogen-bond donors (Lipinski definition) is 1. The monoisotopic (exact) mass is 197 g/mol. The second-order valence-electron chi connectivity index (χ2n) is 4.10. The summed E-state index contributed by atoms with van der Waals surface area (Å²) in [5.74, 6) is 0. The number of H-pyrrole nitrogens is 1. The van der Waals surface area contributed by atoms with Crippen LogP contribution < -0.4 is 16.1 Å². The summed E-state index contributed by atoms with van der Waals surface area (Å²) in [4.78, 5) is 14.1. The van der Waals surface area contributed by atoms with E-state index in [0.29, 0.717) is 0 Å². The SMILES string of the molecule is CC1=CC2=c3ccc(=O)[nH]c3=CC(=C1)C2. The molecule has 0 aliphatic heterocycles. The van der Waals surface area contributed by atoms with Gasteiger partial charge in [0.15, 0.2) is 0 Å². The van der Waals surface area contributed by atoms with Crippen molar-refractivity contribution in [3.05, 3.63) is 56.4 Å². The minimum absolute atomic E-state index is 0.0353. The van der Waals surface area contributed by atoms with Gasteiger partial charge in [-0.05, 0) is 36.6 Å². The third-order valence-electron chi connectivity index (χ3n) is 2.83. The van der Waals surface area contributed by atoms with Crippen molar-refractivity contribution in [2.75, 3.05) is 0 Å². The Morgan fingerprint density at radius 1 is 1.20 bits per heavy atom. The van der Waals surface area contributed by atoms with Gasteiger partial charge in [-0.15, -0.1) is 0 Å². The van der Waals surface area contributed by atoms with E-state index in [-0.39, 0.29) is 5.56 Å². The Bertz CT molecular complexity index is 671. The maximum Gasteiger partial charge on any atom is 0.248 e. The minimum Gasteiger partial charge on any atom is -0.322 e. The van der Waals surface area contributed by atoms with Crippen LogP contribution in [0.25, 0.3) is 11.6 Å². The largest absolute Gasteiger partial charge is 0.322 e. The Morgan fingerprint density at radius 2 is 2.07 bits per heavy atom. The Morgan fingerprint density at radius 3 is 2.93 bits per heavy atom. The Balaban J connectivity index is 2.51. The minimum atomic E-state index is -0.0353. The summed E-state index contributed by atoms with van der Waals surface area (Å²) in [6, 6.07) is 3.50. The number of aromatic amines is 1. The first-order chi connectivity index (χ1) is 7.22. The lowest BCUT2D eigenvalue weighted by Gasteiger charge is -2.15. The molecule has 1 N–H and O–H groups in total. The van der Waals surface area contributed by atoms with Crippen LogP contribution in [0.4, 0.5) is 0 Å². The Labute approximate surface area is 87.0 Å². The first-order valence-electron chi connectivity index (χ1n) is 5.05. The molecule has 0 unspecified atom stereocenters. The summed E-state index contributed by atoms with van der Waals surface area (Å²) in [5, 5.41) is 2.10. The van der Waals surface area contributed by atoms with E-state index in [0.717, 1.165) is 17.0 Å². The highest BCUT2D eigenvalue weighted by Crippen LogP contribution is 2.23. The molecule has 2 aliphatic carbocycles. The first kappa shape index (κ1) is 8.48. The molecule has 1 aromatic heterocycles. The van der Waals surface area contributed by atoms with Gasteiger partial charge in [0.1, 0.15) is 0 Å². The molecule has 0 saturated heterocycles. The highest BCUT2D eigenvalue weighted by Gasteiger charge is 2.10. The molecule has 15 heavy (non-hydrogen) atoms. The van der Waals surface area contributed by atoms with Crippen LogP contribution in [0.3, 0.4) is 0 Å². The highest BCUT2D eigenvalue weighted by atomic mass is 16.1. The molecule has 74 valence electrons. The molecule has 0 amide bonds.